The average molecular weight is 458 g/mol. The number of amides is 2. The largest absolute Gasteiger partial charge is 4.00 e. The van der Waals surface area contributed by atoms with Crippen LogP contribution in [0.25, 0.3) is 10.6 Å². The molecule has 2 amide bonds. The Labute approximate surface area is 181 Å². The maximum absolute atomic E-state index is 11.0. The van der Waals surface area contributed by atoms with E-state index in [1.165, 1.54) is 14.1 Å². The summed E-state index contributed by atoms with van der Waals surface area (Å²) in [6.07, 6.45) is 0. The van der Waals surface area contributed by atoms with Crippen molar-refractivity contribution < 1.29 is 60.6 Å². The molecule has 0 radical (unpaired) electrons. The molecule has 2 rings (SSSR count). The number of hydrogen-bond donors (Lipinski definition) is 0. The Bertz CT molecular complexity index is 575. The van der Waals surface area contributed by atoms with Gasteiger partial charge in [-0.2, -0.15) is 0 Å². The van der Waals surface area contributed by atoms with Crippen LogP contribution in [0.1, 0.15) is 31.8 Å². The third-order valence-corrected chi connectivity index (χ3v) is 3.00. The van der Waals surface area contributed by atoms with Gasteiger partial charge in [0.05, 0.1) is 11.8 Å². The average Bonchev–Trinajstić information content (AvgIpc) is 2.55. The molecular weight excluding hydrogens is 438 g/mol. The number of halogens is 2. The molecule has 2 aromatic carbocycles. The molecule has 25 heavy (non-hydrogen) atoms. The van der Waals surface area contributed by atoms with Crippen molar-refractivity contribution in [1.82, 2.24) is 0 Å². The molecule has 0 saturated heterocycles. The quantitative estimate of drug-likeness (QED) is 0.538. The van der Waals surface area contributed by atoms with Crippen molar-refractivity contribution in [3.63, 3.8) is 0 Å². The molecule has 0 bridgehead atoms. The number of rotatable bonds is 2. The van der Waals surface area contributed by atoms with Gasteiger partial charge in [-0.25, -0.2) is 0 Å². The van der Waals surface area contributed by atoms with Crippen LogP contribution in [-0.4, -0.2) is 25.9 Å². The van der Waals surface area contributed by atoms with E-state index in [4.69, 9.17) is 0 Å². The number of hydrogen-bond acceptors (Lipinski definition) is 2. The van der Waals surface area contributed by atoms with E-state index in [-0.39, 0.29) is 62.8 Å². The molecule has 0 aromatic heterocycles. The third kappa shape index (κ3) is 10.4. The number of nitrogens with zero attached hydrogens (tertiary/aromatic N) is 2. The summed E-state index contributed by atoms with van der Waals surface area (Å²) in [5, 5.41) is 7.10. The van der Waals surface area contributed by atoms with E-state index in [0.717, 1.165) is 11.1 Å². The number of carbonyl (C=O) groups excluding carboxylic acids is 2. The molecule has 132 valence electrons. The van der Waals surface area contributed by atoms with Gasteiger partial charge in [0.1, 0.15) is 0 Å². The van der Waals surface area contributed by atoms with E-state index in [1.54, 1.807) is 24.3 Å². The number of aryl methyl sites for hydroxylation is 2. The van der Waals surface area contributed by atoms with Gasteiger partial charge in [0, 0.05) is 0 Å². The minimum Gasteiger partial charge on any atom is -1.00 e. The standard InChI is InChI=1S/2C9H11NO.2ClH.Zr/c2*1-7-3-5-8(6-4-7)9(11)10-2;;;/h2*3-6H,1-2H3,(H,10,11);2*1H;/q;;;;+4/p-4. The fourth-order valence-corrected chi connectivity index (χ4v) is 1.65. The molecule has 0 fully saturated rings. The Balaban J connectivity index is -0.000000346. The van der Waals surface area contributed by atoms with Crippen molar-refractivity contribution in [3.05, 3.63) is 81.4 Å². The minimum atomic E-state index is -0.162. The molecule has 0 aliphatic heterocycles. The predicted molar refractivity (Wildman–Crippen MR) is 89.6 cm³/mol. The monoisotopic (exact) mass is 456 g/mol. The van der Waals surface area contributed by atoms with Crippen molar-refractivity contribution >= 4 is 11.8 Å². The molecule has 0 atom stereocenters. The van der Waals surface area contributed by atoms with Crippen LogP contribution in [0.15, 0.2) is 48.5 Å². The second kappa shape index (κ2) is 15.1. The van der Waals surface area contributed by atoms with Gasteiger partial charge in [-0.1, -0.05) is 59.7 Å². The number of carbonyl (C=O) groups is 2. The first-order chi connectivity index (χ1) is 10.5. The van der Waals surface area contributed by atoms with Crippen LogP contribution in [-0.2, 0) is 26.2 Å². The third-order valence-electron chi connectivity index (χ3n) is 3.00. The summed E-state index contributed by atoms with van der Waals surface area (Å²) in [5.41, 5.74) is 3.60. The van der Waals surface area contributed by atoms with Crippen LogP contribution in [0.5, 0.6) is 0 Å². The molecular formula is C18H20Cl2N2O2Zr. The fourth-order valence-electron chi connectivity index (χ4n) is 1.65. The van der Waals surface area contributed by atoms with Crippen molar-refractivity contribution in [2.75, 3.05) is 14.1 Å². The van der Waals surface area contributed by atoms with Gasteiger partial charge in [-0.15, -0.1) is 14.1 Å². The zero-order valence-electron chi connectivity index (χ0n) is 14.6. The van der Waals surface area contributed by atoms with Gasteiger partial charge in [0.25, 0.3) is 0 Å². The van der Waals surface area contributed by atoms with Crippen molar-refractivity contribution in [3.8, 4) is 0 Å². The second-order valence-electron chi connectivity index (χ2n) is 4.79. The number of benzene rings is 2. The van der Waals surface area contributed by atoms with Crippen LogP contribution in [0.4, 0.5) is 0 Å². The van der Waals surface area contributed by atoms with Crippen molar-refractivity contribution in [1.29, 1.82) is 0 Å². The van der Waals surface area contributed by atoms with Crippen molar-refractivity contribution in [2.24, 2.45) is 0 Å². The van der Waals surface area contributed by atoms with E-state index in [9.17, 15) is 9.59 Å². The summed E-state index contributed by atoms with van der Waals surface area (Å²) in [6.45, 7) is 3.97. The smallest absolute Gasteiger partial charge is 1.00 e. The molecule has 0 spiro atoms. The van der Waals surface area contributed by atoms with Gasteiger partial charge in [-0.3, -0.25) is 0 Å². The Kier molecular flexibility index (Phi) is 17.3. The molecule has 2 aromatic rings. The SMILES string of the molecule is C[N-]C(=O)c1ccc(C)cc1.C[N-]C(=O)c1ccc(C)cc1.[Cl-].[Cl-].[Zr+4]. The molecule has 0 aliphatic carbocycles. The van der Waals surface area contributed by atoms with Crippen LogP contribution in [0, 0.1) is 13.8 Å². The van der Waals surface area contributed by atoms with E-state index < -0.39 is 0 Å². The second-order valence-corrected chi connectivity index (χ2v) is 4.79. The van der Waals surface area contributed by atoms with E-state index in [0.29, 0.717) is 11.1 Å². The maximum atomic E-state index is 11.0. The summed E-state index contributed by atoms with van der Waals surface area (Å²) in [6, 6.07) is 14.7. The summed E-state index contributed by atoms with van der Waals surface area (Å²) in [5.74, 6) is -0.324. The zero-order chi connectivity index (χ0) is 16.5. The van der Waals surface area contributed by atoms with Crippen LogP contribution >= 0.6 is 0 Å². The Hall–Kier alpha value is -1.16. The zero-order valence-corrected chi connectivity index (χ0v) is 18.6. The first-order valence-corrected chi connectivity index (χ1v) is 6.89. The molecule has 4 nitrogen and oxygen atoms in total. The predicted octanol–water partition coefficient (Wildman–Crippen LogP) is -1.72. The Morgan fingerprint density at radius 1 is 0.640 bits per heavy atom. The van der Waals surface area contributed by atoms with E-state index in [2.05, 4.69) is 10.6 Å². The normalized spacial score (nSPS) is 8.16. The first-order valence-electron chi connectivity index (χ1n) is 6.89. The topological polar surface area (TPSA) is 62.3 Å². The van der Waals surface area contributed by atoms with Crippen molar-refractivity contribution in [2.45, 2.75) is 13.8 Å². The van der Waals surface area contributed by atoms with E-state index >= 15 is 0 Å². The summed E-state index contributed by atoms with van der Waals surface area (Å²) >= 11 is 0. The van der Waals surface area contributed by atoms with Crippen LogP contribution in [0.2, 0.25) is 0 Å². The van der Waals surface area contributed by atoms with Gasteiger partial charge in [-0.05, 0) is 25.0 Å². The summed E-state index contributed by atoms with van der Waals surface area (Å²) < 4.78 is 0. The van der Waals surface area contributed by atoms with Gasteiger partial charge < -0.3 is 45.0 Å². The summed E-state index contributed by atoms with van der Waals surface area (Å²) in [4.78, 5) is 21.9. The summed E-state index contributed by atoms with van der Waals surface area (Å²) in [7, 11) is 3.00. The molecule has 0 aliphatic rings. The van der Waals surface area contributed by atoms with E-state index in [1.807, 2.05) is 38.1 Å². The van der Waals surface area contributed by atoms with Gasteiger partial charge >= 0.3 is 26.2 Å². The Morgan fingerprint density at radius 2 is 0.880 bits per heavy atom. The van der Waals surface area contributed by atoms with Crippen LogP contribution < -0.4 is 24.8 Å². The maximum Gasteiger partial charge on any atom is 4.00 e. The van der Waals surface area contributed by atoms with Gasteiger partial charge in [0.2, 0.25) is 0 Å². The fraction of sp³-hybridized carbons (Fsp3) is 0.222. The Morgan fingerprint density at radius 3 is 1.08 bits per heavy atom. The molecule has 0 N–H and O–H groups in total. The minimum absolute atomic E-state index is 0. The molecule has 7 heteroatoms. The van der Waals surface area contributed by atoms with Gasteiger partial charge in [0.15, 0.2) is 0 Å². The first kappa shape index (κ1) is 28.6. The molecule has 0 heterocycles. The molecule has 0 saturated carbocycles. The molecule has 0 unspecified atom stereocenters. The van der Waals surface area contributed by atoms with Crippen LogP contribution in [0.3, 0.4) is 0 Å².